The Hall–Kier alpha value is -1.42. The Morgan fingerprint density at radius 2 is 2.06 bits per heavy atom. The minimum absolute atomic E-state index is 0.340. The maximum Gasteiger partial charge on any atom is 0.185 e. The topological polar surface area (TPSA) is 45.8 Å². The molecule has 1 heterocycles. The number of hydrogen-bond acceptors (Lipinski definition) is 2. The van der Waals surface area contributed by atoms with Gasteiger partial charge in [0.15, 0.2) is 12.1 Å². The fourth-order valence-electron chi connectivity index (χ4n) is 1.83. The molecule has 4 heteroatoms. The maximum atomic E-state index is 10.7. The van der Waals surface area contributed by atoms with Gasteiger partial charge in [-0.3, -0.25) is 4.79 Å². The van der Waals surface area contributed by atoms with Crippen LogP contribution in [0, 0.1) is 0 Å². The van der Waals surface area contributed by atoms with E-state index < -0.39 is 0 Å². The Kier molecular flexibility index (Phi) is 4.31. The van der Waals surface area contributed by atoms with Gasteiger partial charge in [0.1, 0.15) is 10.3 Å². The smallest absolute Gasteiger partial charge is 0.185 e. The first-order valence-electron chi connectivity index (χ1n) is 6.04. The number of H-pyrrole nitrogens is 1. The van der Waals surface area contributed by atoms with E-state index in [2.05, 4.69) is 45.0 Å². The molecule has 0 fully saturated rings. The van der Waals surface area contributed by atoms with Crippen molar-refractivity contribution in [1.29, 1.82) is 0 Å². The Balaban J connectivity index is 2.22. The third kappa shape index (κ3) is 2.88. The van der Waals surface area contributed by atoms with E-state index in [0.717, 1.165) is 22.3 Å². The van der Waals surface area contributed by atoms with E-state index in [0.29, 0.717) is 12.1 Å². The van der Waals surface area contributed by atoms with E-state index in [1.165, 1.54) is 18.4 Å². The van der Waals surface area contributed by atoms with Crippen molar-refractivity contribution in [3.05, 3.63) is 40.3 Å². The predicted molar refractivity (Wildman–Crippen MR) is 75.7 cm³/mol. The number of carbonyl (C=O) groups excluding carboxylic acids is 1. The number of nitrogens with one attached hydrogen (secondary N) is 1. The largest absolute Gasteiger partial charge is 0.330 e. The number of rotatable bonds is 5. The monoisotopic (exact) mass is 306 g/mol. The molecule has 0 aliphatic carbocycles. The fraction of sp³-hybridized carbons (Fsp3) is 0.286. The van der Waals surface area contributed by atoms with Crippen LogP contribution in [-0.2, 0) is 6.42 Å². The number of aldehydes is 1. The highest BCUT2D eigenvalue weighted by molar-refractivity contribution is 9.10. The predicted octanol–water partition coefficient (Wildman–Crippen LogP) is 3.99. The first-order chi connectivity index (χ1) is 8.74. The van der Waals surface area contributed by atoms with Crippen molar-refractivity contribution < 1.29 is 4.79 Å². The minimum atomic E-state index is 0.340. The van der Waals surface area contributed by atoms with Crippen molar-refractivity contribution in [3.63, 3.8) is 0 Å². The van der Waals surface area contributed by atoms with Gasteiger partial charge in [0, 0.05) is 5.56 Å². The molecular formula is C14H15BrN2O. The number of nitrogens with zero attached hydrogens (tertiary/aromatic N) is 1. The first-order valence-corrected chi connectivity index (χ1v) is 6.84. The third-order valence-electron chi connectivity index (χ3n) is 2.84. The van der Waals surface area contributed by atoms with Gasteiger partial charge in [0.05, 0.1) is 0 Å². The molecule has 0 unspecified atom stereocenters. The number of imidazole rings is 1. The Morgan fingerprint density at radius 3 is 2.61 bits per heavy atom. The summed E-state index contributed by atoms with van der Waals surface area (Å²) in [5, 5.41) is 0. The van der Waals surface area contributed by atoms with Gasteiger partial charge in [-0.05, 0) is 34.3 Å². The van der Waals surface area contributed by atoms with Gasteiger partial charge in [-0.2, -0.15) is 0 Å². The van der Waals surface area contributed by atoms with Crippen LogP contribution in [0.1, 0.15) is 35.9 Å². The molecule has 0 atom stereocenters. The second-order valence-electron chi connectivity index (χ2n) is 4.20. The molecule has 1 N–H and O–H groups in total. The summed E-state index contributed by atoms with van der Waals surface area (Å²) in [4.78, 5) is 17.8. The van der Waals surface area contributed by atoms with Crippen molar-refractivity contribution in [1.82, 2.24) is 9.97 Å². The number of carbonyl (C=O) groups is 1. The molecule has 0 saturated heterocycles. The molecule has 0 aliphatic rings. The van der Waals surface area contributed by atoms with E-state index >= 15 is 0 Å². The quantitative estimate of drug-likeness (QED) is 0.849. The van der Waals surface area contributed by atoms with Gasteiger partial charge in [-0.25, -0.2) is 4.98 Å². The highest BCUT2D eigenvalue weighted by Gasteiger charge is 2.09. The molecule has 3 nitrogen and oxygen atoms in total. The zero-order chi connectivity index (χ0) is 13.0. The van der Waals surface area contributed by atoms with Crippen molar-refractivity contribution in [3.8, 4) is 11.3 Å². The van der Waals surface area contributed by atoms with Crippen LogP contribution in [-0.4, -0.2) is 16.3 Å². The first kappa shape index (κ1) is 13.0. The van der Waals surface area contributed by atoms with E-state index in [4.69, 9.17) is 0 Å². The molecule has 94 valence electrons. The molecule has 1 aromatic carbocycles. The number of aromatic nitrogens is 2. The van der Waals surface area contributed by atoms with Gasteiger partial charge in [0.2, 0.25) is 0 Å². The number of aryl methyl sites for hydroxylation is 1. The van der Waals surface area contributed by atoms with Gasteiger partial charge in [-0.1, -0.05) is 37.6 Å². The van der Waals surface area contributed by atoms with Gasteiger partial charge in [0.25, 0.3) is 0 Å². The van der Waals surface area contributed by atoms with Crippen LogP contribution >= 0.6 is 15.9 Å². The lowest BCUT2D eigenvalue weighted by Gasteiger charge is -2.02. The van der Waals surface area contributed by atoms with Crippen LogP contribution < -0.4 is 0 Å². The molecule has 0 amide bonds. The second-order valence-corrected chi connectivity index (χ2v) is 5.00. The lowest BCUT2D eigenvalue weighted by atomic mass is 10.1. The van der Waals surface area contributed by atoms with Crippen LogP contribution in [0.4, 0.5) is 0 Å². The molecule has 0 saturated carbocycles. The van der Waals surface area contributed by atoms with Crippen molar-refractivity contribution >= 4 is 22.2 Å². The Morgan fingerprint density at radius 1 is 1.33 bits per heavy atom. The molecular weight excluding hydrogens is 292 g/mol. The van der Waals surface area contributed by atoms with Gasteiger partial charge >= 0.3 is 0 Å². The molecule has 0 aliphatic heterocycles. The van der Waals surface area contributed by atoms with Crippen LogP contribution in [0.15, 0.2) is 28.9 Å². The molecule has 18 heavy (non-hydrogen) atoms. The standard InChI is InChI=1S/C14H15BrN2O/c1-2-3-4-10-5-7-11(8-6-10)13-14(15)17-12(9-18)16-13/h5-9H,2-4H2,1H3,(H,16,17). The lowest BCUT2D eigenvalue weighted by molar-refractivity contribution is 0.111. The molecule has 0 radical (unpaired) electrons. The van der Waals surface area contributed by atoms with E-state index in [1.807, 2.05) is 12.1 Å². The van der Waals surface area contributed by atoms with Crippen LogP contribution in [0.2, 0.25) is 0 Å². The van der Waals surface area contributed by atoms with Gasteiger partial charge < -0.3 is 4.98 Å². The molecule has 1 aromatic heterocycles. The van der Waals surface area contributed by atoms with Crippen LogP contribution in [0.5, 0.6) is 0 Å². The van der Waals surface area contributed by atoms with Gasteiger partial charge in [-0.15, -0.1) is 0 Å². The van der Waals surface area contributed by atoms with Crippen LogP contribution in [0.25, 0.3) is 11.3 Å². The number of benzene rings is 1. The Bertz CT molecular complexity index is 531. The summed E-state index contributed by atoms with van der Waals surface area (Å²) in [6.45, 7) is 2.19. The average Bonchev–Trinajstić information content (AvgIpc) is 2.78. The normalized spacial score (nSPS) is 10.6. The summed E-state index contributed by atoms with van der Waals surface area (Å²) in [6.07, 6.45) is 4.23. The third-order valence-corrected chi connectivity index (χ3v) is 3.41. The highest BCUT2D eigenvalue weighted by atomic mass is 79.9. The summed E-state index contributed by atoms with van der Waals surface area (Å²) < 4.78 is 0.742. The number of aromatic amines is 1. The Labute approximate surface area is 115 Å². The lowest BCUT2D eigenvalue weighted by Crippen LogP contribution is -1.86. The van der Waals surface area contributed by atoms with Crippen molar-refractivity contribution in [2.45, 2.75) is 26.2 Å². The zero-order valence-corrected chi connectivity index (χ0v) is 11.8. The summed E-state index contributed by atoms with van der Waals surface area (Å²) in [5.41, 5.74) is 3.12. The second kappa shape index (κ2) is 5.96. The molecule has 2 aromatic rings. The molecule has 0 bridgehead atoms. The fourth-order valence-corrected chi connectivity index (χ4v) is 2.35. The van der Waals surface area contributed by atoms with E-state index in [9.17, 15) is 4.79 Å². The summed E-state index contributed by atoms with van der Waals surface area (Å²) in [5.74, 6) is 0.340. The summed E-state index contributed by atoms with van der Waals surface area (Å²) >= 11 is 3.38. The van der Waals surface area contributed by atoms with E-state index in [-0.39, 0.29) is 0 Å². The van der Waals surface area contributed by atoms with Crippen LogP contribution in [0.3, 0.4) is 0 Å². The highest BCUT2D eigenvalue weighted by Crippen LogP contribution is 2.26. The minimum Gasteiger partial charge on any atom is -0.330 e. The summed E-state index contributed by atoms with van der Waals surface area (Å²) in [7, 11) is 0. The number of unbranched alkanes of at least 4 members (excludes halogenated alkanes) is 1. The average molecular weight is 307 g/mol. The van der Waals surface area contributed by atoms with Crippen molar-refractivity contribution in [2.75, 3.05) is 0 Å². The molecule has 0 spiro atoms. The summed E-state index contributed by atoms with van der Waals surface area (Å²) in [6, 6.07) is 8.32. The SMILES string of the molecule is CCCCc1ccc(-c2nc(C=O)[nH]c2Br)cc1. The van der Waals surface area contributed by atoms with E-state index in [1.54, 1.807) is 0 Å². The maximum absolute atomic E-state index is 10.7. The number of halogens is 1. The number of hydrogen-bond donors (Lipinski definition) is 1. The zero-order valence-electron chi connectivity index (χ0n) is 10.2. The van der Waals surface area contributed by atoms with Crippen molar-refractivity contribution in [2.24, 2.45) is 0 Å². The molecule has 2 rings (SSSR count).